The fraction of sp³-hybridized carbons (Fsp3) is 0.471. The van der Waals surface area contributed by atoms with Gasteiger partial charge < -0.3 is 11.1 Å². The monoisotopic (exact) mass is 350 g/mol. The SMILES string of the molecule is C=C(C)CN=C(N)NCC1CCN(S(=O)(=O)c2ccccc2)CC1. The first-order chi connectivity index (χ1) is 11.4. The molecule has 0 saturated carbocycles. The maximum atomic E-state index is 12.6. The first kappa shape index (κ1) is 18.5. The summed E-state index contributed by atoms with van der Waals surface area (Å²) in [5.41, 5.74) is 6.76. The van der Waals surface area contributed by atoms with Gasteiger partial charge in [0.1, 0.15) is 0 Å². The van der Waals surface area contributed by atoms with Gasteiger partial charge in [0, 0.05) is 19.6 Å². The Morgan fingerprint density at radius 1 is 1.33 bits per heavy atom. The van der Waals surface area contributed by atoms with Gasteiger partial charge in [-0.3, -0.25) is 0 Å². The second-order valence-corrected chi connectivity index (χ2v) is 8.14. The lowest BCUT2D eigenvalue weighted by atomic mass is 9.98. The van der Waals surface area contributed by atoms with E-state index in [1.165, 1.54) is 0 Å². The number of nitrogens with two attached hydrogens (primary N) is 1. The molecule has 1 heterocycles. The van der Waals surface area contributed by atoms with Gasteiger partial charge in [-0.05, 0) is 37.8 Å². The van der Waals surface area contributed by atoms with Crippen LogP contribution in [-0.2, 0) is 10.0 Å². The minimum atomic E-state index is -3.38. The molecule has 1 aliphatic rings. The van der Waals surface area contributed by atoms with Gasteiger partial charge in [-0.1, -0.05) is 30.4 Å². The summed E-state index contributed by atoms with van der Waals surface area (Å²) < 4.78 is 26.7. The number of nitrogens with zero attached hydrogens (tertiary/aromatic N) is 2. The van der Waals surface area contributed by atoms with E-state index in [0.717, 1.165) is 18.4 Å². The van der Waals surface area contributed by atoms with Crippen molar-refractivity contribution >= 4 is 16.0 Å². The van der Waals surface area contributed by atoms with E-state index in [0.29, 0.717) is 43.0 Å². The van der Waals surface area contributed by atoms with Gasteiger partial charge in [-0.25, -0.2) is 13.4 Å². The van der Waals surface area contributed by atoms with E-state index in [1.807, 2.05) is 13.0 Å². The minimum absolute atomic E-state index is 0.359. The lowest BCUT2D eigenvalue weighted by Crippen LogP contribution is -2.42. The molecule has 132 valence electrons. The third kappa shape index (κ3) is 5.07. The summed E-state index contributed by atoms with van der Waals surface area (Å²) in [5, 5.41) is 3.11. The first-order valence-electron chi connectivity index (χ1n) is 8.13. The summed E-state index contributed by atoms with van der Waals surface area (Å²) in [5.74, 6) is 0.808. The zero-order valence-electron chi connectivity index (χ0n) is 14.1. The molecule has 1 aromatic carbocycles. The normalized spacial score (nSPS) is 17.6. The van der Waals surface area contributed by atoms with Crippen molar-refractivity contribution in [3.63, 3.8) is 0 Å². The summed E-state index contributed by atoms with van der Waals surface area (Å²) in [6.07, 6.45) is 1.62. The van der Waals surface area contributed by atoms with E-state index in [-0.39, 0.29) is 0 Å². The van der Waals surface area contributed by atoms with Crippen LogP contribution in [0.2, 0.25) is 0 Å². The molecule has 0 bridgehead atoms. The molecule has 0 radical (unpaired) electrons. The molecule has 7 heteroatoms. The molecule has 0 spiro atoms. The van der Waals surface area contributed by atoms with Crippen molar-refractivity contribution in [3.05, 3.63) is 42.5 Å². The summed E-state index contributed by atoms with van der Waals surface area (Å²) >= 11 is 0. The summed E-state index contributed by atoms with van der Waals surface area (Å²) in [7, 11) is -3.38. The van der Waals surface area contributed by atoms with Gasteiger partial charge in [-0.2, -0.15) is 4.31 Å². The fourth-order valence-corrected chi connectivity index (χ4v) is 4.11. The van der Waals surface area contributed by atoms with Crippen molar-refractivity contribution in [3.8, 4) is 0 Å². The van der Waals surface area contributed by atoms with Crippen LogP contribution in [-0.4, -0.2) is 44.9 Å². The number of guanidine groups is 1. The molecule has 1 fully saturated rings. The number of sulfonamides is 1. The zero-order valence-corrected chi connectivity index (χ0v) is 14.9. The quantitative estimate of drug-likeness (QED) is 0.463. The van der Waals surface area contributed by atoms with E-state index in [2.05, 4.69) is 16.9 Å². The maximum absolute atomic E-state index is 12.6. The molecule has 1 aromatic rings. The molecular weight excluding hydrogens is 324 g/mol. The third-order valence-electron chi connectivity index (χ3n) is 4.05. The smallest absolute Gasteiger partial charge is 0.243 e. The second kappa shape index (κ2) is 8.30. The minimum Gasteiger partial charge on any atom is -0.370 e. The molecule has 1 aliphatic heterocycles. The van der Waals surface area contributed by atoms with Crippen molar-refractivity contribution in [1.82, 2.24) is 9.62 Å². The Labute approximate surface area is 144 Å². The summed E-state index contributed by atoms with van der Waals surface area (Å²) in [6.45, 7) is 7.98. The molecule has 0 amide bonds. The molecule has 0 aliphatic carbocycles. The predicted molar refractivity (Wildman–Crippen MR) is 97.2 cm³/mol. The highest BCUT2D eigenvalue weighted by molar-refractivity contribution is 7.89. The number of aliphatic imine (C=N–C) groups is 1. The van der Waals surface area contributed by atoms with Crippen LogP contribution in [0.3, 0.4) is 0 Å². The highest BCUT2D eigenvalue weighted by Gasteiger charge is 2.29. The summed E-state index contributed by atoms with van der Waals surface area (Å²) in [6, 6.07) is 8.59. The van der Waals surface area contributed by atoms with Crippen molar-refractivity contribution < 1.29 is 8.42 Å². The third-order valence-corrected chi connectivity index (χ3v) is 5.96. The number of piperidine rings is 1. The Hall–Kier alpha value is -1.86. The van der Waals surface area contributed by atoms with Crippen LogP contribution < -0.4 is 11.1 Å². The van der Waals surface area contributed by atoms with Gasteiger partial charge in [-0.15, -0.1) is 0 Å². The molecule has 3 N–H and O–H groups in total. The van der Waals surface area contributed by atoms with Crippen LogP contribution >= 0.6 is 0 Å². The lowest BCUT2D eigenvalue weighted by Gasteiger charge is -2.31. The van der Waals surface area contributed by atoms with Crippen molar-refractivity contribution in [2.75, 3.05) is 26.2 Å². The van der Waals surface area contributed by atoms with Gasteiger partial charge in [0.05, 0.1) is 11.4 Å². The molecule has 1 saturated heterocycles. The van der Waals surface area contributed by atoms with Crippen molar-refractivity contribution in [2.24, 2.45) is 16.6 Å². The largest absolute Gasteiger partial charge is 0.370 e. The molecule has 0 atom stereocenters. The van der Waals surface area contributed by atoms with E-state index in [9.17, 15) is 8.42 Å². The van der Waals surface area contributed by atoms with Gasteiger partial charge in [0.15, 0.2) is 5.96 Å². The van der Waals surface area contributed by atoms with E-state index >= 15 is 0 Å². The Morgan fingerprint density at radius 2 is 1.96 bits per heavy atom. The number of nitrogens with one attached hydrogen (secondary N) is 1. The number of benzene rings is 1. The molecule has 24 heavy (non-hydrogen) atoms. The van der Waals surface area contributed by atoms with Crippen LogP contribution in [0.5, 0.6) is 0 Å². The average Bonchev–Trinajstić information content (AvgIpc) is 2.59. The Balaban J connectivity index is 1.83. The summed E-state index contributed by atoms with van der Waals surface area (Å²) in [4.78, 5) is 4.54. The van der Waals surface area contributed by atoms with E-state index in [1.54, 1.807) is 28.6 Å². The highest BCUT2D eigenvalue weighted by Crippen LogP contribution is 2.23. The van der Waals surface area contributed by atoms with Crippen LogP contribution in [0.15, 0.2) is 52.4 Å². The zero-order chi connectivity index (χ0) is 17.6. The number of hydrogen-bond donors (Lipinski definition) is 2. The molecular formula is C17H26N4O2S. The van der Waals surface area contributed by atoms with Crippen LogP contribution in [0, 0.1) is 5.92 Å². The number of hydrogen-bond acceptors (Lipinski definition) is 3. The van der Waals surface area contributed by atoms with E-state index in [4.69, 9.17) is 5.73 Å². The Kier molecular flexibility index (Phi) is 6.39. The lowest BCUT2D eigenvalue weighted by molar-refractivity contribution is 0.273. The predicted octanol–water partition coefficient (Wildman–Crippen LogP) is 1.57. The first-order valence-corrected chi connectivity index (χ1v) is 9.57. The highest BCUT2D eigenvalue weighted by atomic mass is 32.2. The second-order valence-electron chi connectivity index (χ2n) is 6.20. The van der Waals surface area contributed by atoms with Gasteiger partial charge >= 0.3 is 0 Å². The van der Waals surface area contributed by atoms with Crippen molar-refractivity contribution in [2.45, 2.75) is 24.7 Å². The van der Waals surface area contributed by atoms with E-state index < -0.39 is 10.0 Å². The number of rotatable bonds is 6. The van der Waals surface area contributed by atoms with Gasteiger partial charge in [0.2, 0.25) is 10.0 Å². The van der Waals surface area contributed by atoms with Crippen LogP contribution in [0.25, 0.3) is 0 Å². The van der Waals surface area contributed by atoms with Crippen LogP contribution in [0.4, 0.5) is 0 Å². The molecule has 2 rings (SSSR count). The molecule has 0 unspecified atom stereocenters. The Morgan fingerprint density at radius 3 is 2.54 bits per heavy atom. The van der Waals surface area contributed by atoms with Gasteiger partial charge in [0.25, 0.3) is 0 Å². The fourth-order valence-electron chi connectivity index (χ4n) is 2.62. The van der Waals surface area contributed by atoms with Crippen LogP contribution in [0.1, 0.15) is 19.8 Å². The maximum Gasteiger partial charge on any atom is 0.243 e. The standard InChI is InChI=1S/C17H26N4O2S/c1-14(2)12-19-17(18)20-13-15-8-10-21(11-9-15)24(22,23)16-6-4-3-5-7-16/h3-7,15H,1,8-13H2,2H3,(H3,18,19,20). The average molecular weight is 350 g/mol. The molecule has 6 nitrogen and oxygen atoms in total. The van der Waals surface area contributed by atoms with Crippen molar-refractivity contribution in [1.29, 1.82) is 0 Å². The Bertz CT molecular complexity index is 678. The topological polar surface area (TPSA) is 87.8 Å². The molecule has 0 aromatic heterocycles.